The summed E-state index contributed by atoms with van der Waals surface area (Å²) >= 11 is 0.830. The average molecular weight is 432 g/mol. The number of aromatic nitrogens is 2. The van der Waals surface area contributed by atoms with Crippen LogP contribution >= 0.6 is 11.3 Å². The maximum absolute atomic E-state index is 12.5. The Labute approximate surface area is 173 Å². The van der Waals surface area contributed by atoms with Gasteiger partial charge < -0.3 is 4.74 Å². The molecule has 29 heavy (non-hydrogen) atoms. The Balaban J connectivity index is 1.67. The number of sulfone groups is 1. The van der Waals surface area contributed by atoms with Gasteiger partial charge in [0.2, 0.25) is 19.3 Å². The summed E-state index contributed by atoms with van der Waals surface area (Å²) in [5, 5.41) is 10.3. The molecule has 0 bridgehead atoms. The van der Waals surface area contributed by atoms with E-state index in [1.807, 2.05) is 6.07 Å². The first-order valence-corrected chi connectivity index (χ1v) is 11.6. The minimum Gasteiger partial charge on any atom is -0.494 e. The van der Waals surface area contributed by atoms with Crippen LogP contribution in [0.2, 0.25) is 0 Å². The molecule has 1 aromatic heterocycles. The Morgan fingerprint density at radius 2 is 1.90 bits per heavy atom. The standard InChI is InChI=1S/C20H21N3O4S2/c1-2-3-12-27-17-11-7-10-16(13-17)18(24)21-19-22-23-20(28-19)29(25,26)14-15-8-5-4-6-9-15/h4-11,13H,2-3,12,14H2,1H3,(H,21,22,24). The highest BCUT2D eigenvalue weighted by Gasteiger charge is 2.22. The van der Waals surface area contributed by atoms with Crippen LogP contribution in [0.5, 0.6) is 5.75 Å². The monoisotopic (exact) mass is 431 g/mol. The molecule has 0 fully saturated rings. The molecule has 0 aliphatic heterocycles. The minimum atomic E-state index is -3.64. The molecule has 0 spiro atoms. The van der Waals surface area contributed by atoms with E-state index in [9.17, 15) is 13.2 Å². The van der Waals surface area contributed by atoms with Gasteiger partial charge in [-0.3, -0.25) is 10.1 Å². The van der Waals surface area contributed by atoms with Crippen molar-refractivity contribution in [2.75, 3.05) is 11.9 Å². The SMILES string of the molecule is CCCCOc1cccc(C(=O)Nc2nnc(S(=O)(=O)Cc3ccccc3)s2)c1. The van der Waals surface area contributed by atoms with Gasteiger partial charge in [-0.1, -0.05) is 61.1 Å². The third-order valence-corrected chi connectivity index (χ3v) is 6.93. The van der Waals surface area contributed by atoms with Gasteiger partial charge in [-0.2, -0.15) is 0 Å². The summed E-state index contributed by atoms with van der Waals surface area (Å²) in [4.78, 5) is 12.5. The number of anilines is 1. The lowest BCUT2D eigenvalue weighted by atomic mass is 10.2. The molecule has 0 saturated heterocycles. The molecular formula is C20H21N3O4S2. The van der Waals surface area contributed by atoms with E-state index in [-0.39, 0.29) is 15.2 Å². The number of nitrogens with zero attached hydrogens (tertiary/aromatic N) is 2. The number of carbonyl (C=O) groups is 1. The Morgan fingerprint density at radius 1 is 1.10 bits per heavy atom. The van der Waals surface area contributed by atoms with Gasteiger partial charge in [0.1, 0.15) is 5.75 Å². The number of rotatable bonds is 9. The topological polar surface area (TPSA) is 98.2 Å². The van der Waals surface area contributed by atoms with Crippen molar-refractivity contribution in [3.8, 4) is 5.75 Å². The number of amides is 1. The van der Waals surface area contributed by atoms with Gasteiger partial charge in [-0.25, -0.2) is 8.42 Å². The molecule has 1 heterocycles. The fraction of sp³-hybridized carbons (Fsp3) is 0.250. The van der Waals surface area contributed by atoms with Crippen LogP contribution in [0.15, 0.2) is 58.9 Å². The van der Waals surface area contributed by atoms with Gasteiger partial charge in [0.25, 0.3) is 5.91 Å². The van der Waals surface area contributed by atoms with E-state index in [0.29, 0.717) is 23.5 Å². The fourth-order valence-electron chi connectivity index (χ4n) is 2.47. The normalized spacial score (nSPS) is 11.2. The van der Waals surface area contributed by atoms with Gasteiger partial charge in [0, 0.05) is 5.56 Å². The second kappa shape index (κ2) is 9.62. The first-order chi connectivity index (χ1) is 14.0. The fourth-order valence-corrected chi connectivity index (χ4v) is 4.79. The van der Waals surface area contributed by atoms with Crippen molar-refractivity contribution < 1.29 is 17.9 Å². The van der Waals surface area contributed by atoms with Crippen LogP contribution < -0.4 is 10.1 Å². The summed E-state index contributed by atoms with van der Waals surface area (Å²) < 4.78 is 30.5. The zero-order valence-electron chi connectivity index (χ0n) is 15.9. The Hall–Kier alpha value is -2.78. The maximum Gasteiger partial charge on any atom is 0.257 e. The van der Waals surface area contributed by atoms with E-state index in [1.54, 1.807) is 48.5 Å². The van der Waals surface area contributed by atoms with Gasteiger partial charge in [-0.05, 0) is 30.2 Å². The van der Waals surface area contributed by atoms with Crippen molar-refractivity contribution >= 4 is 32.2 Å². The number of hydrogen-bond donors (Lipinski definition) is 1. The average Bonchev–Trinajstić information content (AvgIpc) is 3.18. The lowest BCUT2D eigenvalue weighted by molar-refractivity contribution is 0.102. The molecule has 0 aliphatic carbocycles. The van der Waals surface area contributed by atoms with Crippen molar-refractivity contribution in [2.45, 2.75) is 29.9 Å². The number of nitrogens with one attached hydrogen (secondary N) is 1. The first-order valence-electron chi connectivity index (χ1n) is 9.12. The summed E-state index contributed by atoms with van der Waals surface area (Å²) in [7, 11) is -3.64. The predicted molar refractivity (Wildman–Crippen MR) is 112 cm³/mol. The third-order valence-electron chi connectivity index (χ3n) is 3.96. The molecule has 3 rings (SSSR count). The molecule has 152 valence electrons. The quantitative estimate of drug-likeness (QED) is 0.407. The third kappa shape index (κ3) is 5.85. The molecule has 0 aliphatic rings. The second-order valence-corrected chi connectivity index (χ2v) is 9.44. The van der Waals surface area contributed by atoms with Crippen molar-refractivity contribution in [2.24, 2.45) is 0 Å². The molecule has 2 aromatic carbocycles. The summed E-state index contributed by atoms with van der Waals surface area (Å²) in [5.41, 5.74) is 1.05. The van der Waals surface area contributed by atoms with Gasteiger partial charge in [0.05, 0.1) is 12.4 Å². The molecular weight excluding hydrogens is 410 g/mol. The number of carbonyl (C=O) groups excluding carboxylic acids is 1. The number of ether oxygens (including phenoxy) is 1. The smallest absolute Gasteiger partial charge is 0.257 e. The molecule has 0 radical (unpaired) electrons. The van der Waals surface area contributed by atoms with Crippen LogP contribution in [0.4, 0.5) is 5.13 Å². The predicted octanol–water partition coefficient (Wildman–Crippen LogP) is 3.94. The molecule has 0 atom stereocenters. The highest BCUT2D eigenvalue weighted by molar-refractivity contribution is 7.92. The van der Waals surface area contributed by atoms with Crippen molar-refractivity contribution in [3.05, 3.63) is 65.7 Å². The highest BCUT2D eigenvalue weighted by atomic mass is 32.2. The van der Waals surface area contributed by atoms with E-state index < -0.39 is 15.7 Å². The lowest BCUT2D eigenvalue weighted by Gasteiger charge is -2.07. The zero-order valence-corrected chi connectivity index (χ0v) is 17.5. The minimum absolute atomic E-state index is 0.124. The highest BCUT2D eigenvalue weighted by Crippen LogP contribution is 2.24. The van der Waals surface area contributed by atoms with Crippen LogP contribution in [0.3, 0.4) is 0 Å². The van der Waals surface area contributed by atoms with E-state index in [1.165, 1.54) is 0 Å². The molecule has 7 nitrogen and oxygen atoms in total. The van der Waals surface area contributed by atoms with Crippen molar-refractivity contribution in [1.82, 2.24) is 10.2 Å². The largest absolute Gasteiger partial charge is 0.494 e. The van der Waals surface area contributed by atoms with Crippen LogP contribution in [0.25, 0.3) is 0 Å². The van der Waals surface area contributed by atoms with Crippen LogP contribution in [-0.4, -0.2) is 31.1 Å². The van der Waals surface area contributed by atoms with Gasteiger partial charge in [-0.15, -0.1) is 10.2 Å². The zero-order chi connectivity index (χ0) is 20.7. The van der Waals surface area contributed by atoms with Crippen molar-refractivity contribution in [3.63, 3.8) is 0 Å². The first kappa shape index (κ1) is 20.9. The van der Waals surface area contributed by atoms with Crippen molar-refractivity contribution in [1.29, 1.82) is 0 Å². The Kier molecular flexibility index (Phi) is 6.95. The molecule has 1 amide bonds. The summed E-state index contributed by atoms with van der Waals surface area (Å²) in [6.45, 7) is 2.66. The van der Waals surface area contributed by atoms with E-state index in [4.69, 9.17) is 4.74 Å². The van der Waals surface area contributed by atoms with Crippen LogP contribution in [0.1, 0.15) is 35.7 Å². The second-order valence-electron chi connectivity index (χ2n) is 6.30. The van der Waals surface area contributed by atoms with E-state index >= 15 is 0 Å². The summed E-state index contributed by atoms with van der Waals surface area (Å²) in [6.07, 6.45) is 1.95. The number of hydrogen-bond acceptors (Lipinski definition) is 7. The number of benzene rings is 2. The Morgan fingerprint density at radius 3 is 2.66 bits per heavy atom. The van der Waals surface area contributed by atoms with E-state index in [0.717, 1.165) is 24.2 Å². The van der Waals surface area contributed by atoms with Crippen LogP contribution in [-0.2, 0) is 15.6 Å². The lowest BCUT2D eigenvalue weighted by Crippen LogP contribution is -2.11. The summed E-state index contributed by atoms with van der Waals surface area (Å²) in [5.74, 6) is 0.0247. The van der Waals surface area contributed by atoms with Gasteiger partial charge in [0.15, 0.2) is 0 Å². The molecule has 0 saturated carbocycles. The van der Waals surface area contributed by atoms with Gasteiger partial charge >= 0.3 is 0 Å². The molecule has 1 N–H and O–H groups in total. The van der Waals surface area contributed by atoms with Crippen LogP contribution in [0, 0.1) is 0 Å². The maximum atomic E-state index is 12.5. The molecule has 0 unspecified atom stereocenters. The summed E-state index contributed by atoms with van der Waals surface area (Å²) in [6, 6.07) is 15.6. The molecule has 9 heteroatoms. The Bertz CT molecular complexity index is 1070. The van der Waals surface area contributed by atoms with E-state index in [2.05, 4.69) is 22.4 Å². The number of unbranched alkanes of at least 4 members (excludes halogenated alkanes) is 1. The molecule has 3 aromatic rings.